The minimum atomic E-state index is -0.817. The van der Waals surface area contributed by atoms with Crippen LogP contribution in [0.3, 0.4) is 0 Å². The minimum Gasteiger partial charge on any atom is -0.481 e. The molecule has 1 atom stereocenters. The fourth-order valence-electron chi connectivity index (χ4n) is 2.41. The minimum absolute atomic E-state index is 0.121. The number of rotatable bonds is 4. The Labute approximate surface area is 124 Å². The van der Waals surface area contributed by atoms with E-state index in [0.29, 0.717) is 29.5 Å². The fraction of sp³-hybridized carbons (Fsp3) is 0.429. The maximum absolute atomic E-state index is 13.2. The summed E-state index contributed by atoms with van der Waals surface area (Å²) in [5.41, 5.74) is 0.309. The highest BCUT2D eigenvalue weighted by molar-refractivity contribution is 9.10. The molecule has 108 valence electrons. The van der Waals surface area contributed by atoms with Gasteiger partial charge in [-0.2, -0.15) is 0 Å². The molecule has 0 aromatic heterocycles. The molecule has 0 aliphatic carbocycles. The average molecular weight is 344 g/mol. The number of carboxylic acids is 1. The van der Waals surface area contributed by atoms with Gasteiger partial charge in [-0.3, -0.25) is 9.59 Å². The van der Waals surface area contributed by atoms with Crippen LogP contribution in [0.25, 0.3) is 0 Å². The normalized spacial score (nSPS) is 18.3. The molecule has 1 saturated heterocycles. The van der Waals surface area contributed by atoms with E-state index in [1.807, 2.05) is 0 Å². The van der Waals surface area contributed by atoms with Crippen molar-refractivity contribution >= 4 is 27.8 Å². The topological polar surface area (TPSA) is 57.6 Å². The predicted octanol–water partition coefficient (Wildman–Crippen LogP) is 2.92. The molecule has 1 amide bonds. The molecule has 20 heavy (non-hydrogen) atoms. The summed E-state index contributed by atoms with van der Waals surface area (Å²) < 4.78 is 13.8. The maximum Gasteiger partial charge on any atom is 0.303 e. The molecule has 1 heterocycles. The number of amides is 1. The Balaban J connectivity index is 2.00. The fourth-order valence-corrected chi connectivity index (χ4v) is 2.83. The van der Waals surface area contributed by atoms with Crippen molar-refractivity contribution in [3.05, 3.63) is 34.1 Å². The van der Waals surface area contributed by atoms with E-state index in [0.717, 1.165) is 6.42 Å². The van der Waals surface area contributed by atoms with Crippen molar-refractivity contribution < 1.29 is 19.1 Å². The molecule has 6 heteroatoms. The molecule has 4 nitrogen and oxygen atoms in total. The lowest BCUT2D eigenvalue weighted by Crippen LogP contribution is -2.29. The summed E-state index contributed by atoms with van der Waals surface area (Å²) in [5, 5.41) is 8.67. The van der Waals surface area contributed by atoms with Crippen molar-refractivity contribution in [3.8, 4) is 0 Å². The number of carboxylic acid groups (broad SMARTS) is 1. The number of likely N-dealkylation sites (tertiary alicyclic amines) is 1. The summed E-state index contributed by atoms with van der Waals surface area (Å²) in [5.74, 6) is -1.27. The van der Waals surface area contributed by atoms with Crippen LogP contribution in [0.2, 0.25) is 0 Å². The van der Waals surface area contributed by atoms with E-state index in [9.17, 15) is 14.0 Å². The zero-order valence-corrected chi connectivity index (χ0v) is 12.4. The SMILES string of the molecule is O=C(O)CCC1CCN(C(=O)c2cc(F)ccc2Br)C1. The molecule has 0 radical (unpaired) electrons. The molecule has 0 saturated carbocycles. The van der Waals surface area contributed by atoms with Gasteiger partial charge in [0.1, 0.15) is 5.82 Å². The van der Waals surface area contributed by atoms with Crippen LogP contribution in [0.4, 0.5) is 4.39 Å². The van der Waals surface area contributed by atoms with Crippen LogP contribution in [-0.2, 0) is 4.79 Å². The van der Waals surface area contributed by atoms with Crippen molar-refractivity contribution in [1.82, 2.24) is 4.90 Å². The predicted molar refractivity (Wildman–Crippen MR) is 75.0 cm³/mol. The lowest BCUT2D eigenvalue weighted by atomic mass is 10.0. The third-order valence-corrected chi connectivity index (χ3v) is 4.19. The van der Waals surface area contributed by atoms with E-state index in [1.54, 1.807) is 4.90 Å². The molecule has 1 unspecified atom stereocenters. The highest BCUT2D eigenvalue weighted by atomic mass is 79.9. The number of hydrogen-bond donors (Lipinski definition) is 1. The van der Waals surface area contributed by atoms with Crippen LogP contribution >= 0.6 is 15.9 Å². The number of benzene rings is 1. The van der Waals surface area contributed by atoms with Crippen molar-refractivity contribution in [2.45, 2.75) is 19.3 Å². The maximum atomic E-state index is 13.2. The standard InChI is InChI=1S/C14H15BrFNO3/c15-12-3-2-10(16)7-11(12)14(20)17-6-5-9(8-17)1-4-13(18)19/h2-3,7,9H,1,4-6,8H2,(H,18,19). The van der Waals surface area contributed by atoms with E-state index in [2.05, 4.69) is 15.9 Å². The summed E-state index contributed by atoms with van der Waals surface area (Å²) >= 11 is 3.25. The molecule has 1 aliphatic heterocycles. The van der Waals surface area contributed by atoms with Gasteiger partial charge in [0.25, 0.3) is 5.91 Å². The lowest BCUT2D eigenvalue weighted by molar-refractivity contribution is -0.137. The first kappa shape index (κ1) is 15.0. The molecule has 2 rings (SSSR count). The Bertz CT molecular complexity index is 535. The van der Waals surface area contributed by atoms with E-state index in [4.69, 9.17) is 5.11 Å². The molecule has 1 fully saturated rings. The van der Waals surface area contributed by atoms with E-state index in [1.165, 1.54) is 18.2 Å². The van der Waals surface area contributed by atoms with Crippen molar-refractivity contribution in [2.24, 2.45) is 5.92 Å². The van der Waals surface area contributed by atoms with Crippen molar-refractivity contribution in [3.63, 3.8) is 0 Å². The van der Waals surface area contributed by atoms with Crippen LogP contribution in [0, 0.1) is 11.7 Å². The molecule has 0 bridgehead atoms. The molecule has 1 N–H and O–H groups in total. The molecule has 1 aromatic rings. The van der Waals surface area contributed by atoms with Crippen molar-refractivity contribution in [2.75, 3.05) is 13.1 Å². The Hall–Kier alpha value is -1.43. The van der Waals surface area contributed by atoms with Gasteiger partial charge < -0.3 is 10.0 Å². The van der Waals surface area contributed by atoms with Crippen LogP contribution in [0.5, 0.6) is 0 Å². The van der Waals surface area contributed by atoms with Gasteiger partial charge in [-0.25, -0.2) is 4.39 Å². The summed E-state index contributed by atoms with van der Waals surface area (Å²) in [6.45, 7) is 1.13. The zero-order chi connectivity index (χ0) is 14.7. The van der Waals surface area contributed by atoms with Gasteiger partial charge in [0.2, 0.25) is 0 Å². The number of nitrogens with zero attached hydrogens (tertiary/aromatic N) is 1. The largest absolute Gasteiger partial charge is 0.481 e. The number of carbonyl (C=O) groups is 2. The summed E-state index contributed by atoms with van der Waals surface area (Å²) in [6.07, 6.45) is 1.49. The average Bonchev–Trinajstić information content (AvgIpc) is 2.87. The van der Waals surface area contributed by atoms with Crippen LogP contribution in [0.1, 0.15) is 29.6 Å². The highest BCUT2D eigenvalue weighted by Gasteiger charge is 2.28. The second-order valence-corrected chi connectivity index (χ2v) is 5.82. The molecule has 1 aliphatic rings. The van der Waals surface area contributed by atoms with Gasteiger partial charge in [-0.05, 0) is 52.9 Å². The smallest absolute Gasteiger partial charge is 0.303 e. The first-order chi connectivity index (χ1) is 9.47. The van der Waals surface area contributed by atoms with Gasteiger partial charge >= 0.3 is 5.97 Å². The van der Waals surface area contributed by atoms with Gasteiger partial charge in [-0.15, -0.1) is 0 Å². The van der Waals surface area contributed by atoms with E-state index in [-0.39, 0.29) is 18.2 Å². The number of aliphatic carboxylic acids is 1. The molecular weight excluding hydrogens is 329 g/mol. The lowest BCUT2D eigenvalue weighted by Gasteiger charge is -2.17. The Morgan fingerprint density at radius 2 is 2.20 bits per heavy atom. The van der Waals surface area contributed by atoms with E-state index < -0.39 is 11.8 Å². The van der Waals surface area contributed by atoms with Gasteiger partial charge in [0.05, 0.1) is 5.56 Å². The first-order valence-electron chi connectivity index (χ1n) is 6.43. The summed E-state index contributed by atoms with van der Waals surface area (Å²) in [7, 11) is 0. The molecule has 0 spiro atoms. The first-order valence-corrected chi connectivity index (χ1v) is 7.23. The Kier molecular flexibility index (Phi) is 4.75. The highest BCUT2D eigenvalue weighted by Crippen LogP contribution is 2.25. The second kappa shape index (κ2) is 6.35. The van der Waals surface area contributed by atoms with Crippen LogP contribution < -0.4 is 0 Å². The number of halogens is 2. The Morgan fingerprint density at radius 3 is 2.90 bits per heavy atom. The summed E-state index contributed by atoms with van der Waals surface area (Å²) in [4.78, 5) is 24.5. The second-order valence-electron chi connectivity index (χ2n) is 4.96. The summed E-state index contributed by atoms with van der Waals surface area (Å²) in [6, 6.07) is 4.03. The van der Waals surface area contributed by atoms with Gasteiger partial charge in [-0.1, -0.05) is 0 Å². The third kappa shape index (κ3) is 3.56. The molecule has 1 aromatic carbocycles. The molecular formula is C14H15BrFNO3. The van der Waals surface area contributed by atoms with Crippen LogP contribution in [-0.4, -0.2) is 35.0 Å². The number of hydrogen-bond acceptors (Lipinski definition) is 2. The third-order valence-electron chi connectivity index (χ3n) is 3.50. The van der Waals surface area contributed by atoms with Gasteiger partial charge in [0.15, 0.2) is 0 Å². The monoisotopic (exact) mass is 343 g/mol. The van der Waals surface area contributed by atoms with Gasteiger partial charge in [0, 0.05) is 24.0 Å². The Morgan fingerprint density at radius 1 is 1.45 bits per heavy atom. The van der Waals surface area contributed by atoms with E-state index >= 15 is 0 Å². The zero-order valence-electron chi connectivity index (χ0n) is 10.8. The quantitative estimate of drug-likeness (QED) is 0.914. The van der Waals surface area contributed by atoms with Crippen LogP contribution in [0.15, 0.2) is 22.7 Å². The van der Waals surface area contributed by atoms with Crippen molar-refractivity contribution in [1.29, 1.82) is 0 Å². The number of carbonyl (C=O) groups excluding carboxylic acids is 1.